The number of cyclic esters (lactones) is 1. The molecule has 0 fully saturated rings. The number of hydrogen-bond donors (Lipinski definition) is 0. The van der Waals surface area contributed by atoms with Crippen LogP contribution in [0.1, 0.15) is 54.5 Å². The summed E-state index contributed by atoms with van der Waals surface area (Å²) in [6.07, 6.45) is 2.43. The molecular formula is C24H20F2N2O3. The Morgan fingerprint density at radius 3 is 2.68 bits per heavy atom. The van der Waals surface area contributed by atoms with E-state index in [1.54, 1.807) is 11.5 Å². The summed E-state index contributed by atoms with van der Waals surface area (Å²) in [7, 11) is 0. The Morgan fingerprint density at radius 2 is 1.90 bits per heavy atom. The number of pyridine rings is 2. The van der Waals surface area contributed by atoms with Crippen LogP contribution in [0.2, 0.25) is 0 Å². The Kier molecular flexibility index (Phi) is 3.61. The summed E-state index contributed by atoms with van der Waals surface area (Å²) in [6, 6.07) is 3.03. The Balaban J connectivity index is 1.68. The van der Waals surface area contributed by atoms with Gasteiger partial charge in [0.15, 0.2) is 11.6 Å². The molecule has 0 saturated carbocycles. The van der Waals surface area contributed by atoms with Crippen LogP contribution in [0.4, 0.5) is 8.78 Å². The highest BCUT2D eigenvalue weighted by Gasteiger charge is 2.43. The first-order valence-corrected chi connectivity index (χ1v) is 10.6. The van der Waals surface area contributed by atoms with Crippen molar-refractivity contribution in [2.75, 3.05) is 0 Å². The minimum atomic E-state index is -0.904. The van der Waals surface area contributed by atoms with E-state index in [4.69, 9.17) is 9.72 Å². The standard InChI is InChI=1S/C24H20F2N2O3/c1-3-24(2)15-7-18-21-13(9-28(18)22(29)14(15)10-31-23(24)30)11-5-4-6-12-19(11)17(27-21)8-16(25)20(12)26/h7-8H,3-6,9-10H2,1-2H3/t24-/m1/s1. The predicted molar refractivity (Wildman–Crippen MR) is 110 cm³/mol. The third kappa shape index (κ3) is 2.21. The number of carbonyl (C=O) groups excluding carboxylic acids is 1. The number of carbonyl (C=O) groups is 1. The molecule has 3 aliphatic rings. The average Bonchev–Trinajstić information content (AvgIpc) is 3.14. The fourth-order valence-electron chi connectivity index (χ4n) is 5.48. The SMILES string of the molecule is CC[C@@]1(C)C(=O)OCc2c1cc1n(c2=O)Cc2c-1nc1cc(F)c(F)c3c1c2CCC3. The number of rotatable bonds is 1. The maximum Gasteiger partial charge on any atom is 0.316 e. The fraction of sp³-hybridized carbons (Fsp3) is 0.375. The van der Waals surface area contributed by atoms with Gasteiger partial charge >= 0.3 is 5.97 Å². The molecule has 0 radical (unpaired) electrons. The van der Waals surface area contributed by atoms with E-state index >= 15 is 0 Å². The highest BCUT2D eigenvalue weighted by Crippen LogP contribution is 2.43. The van der Waals surface area contributed by atoms with Gasteiger partial charge < -0.3 is 9.30 Å². The summed E-state index contributed by atoms with van der Waals surface area (Å²) in [5.41, 5.74) is 3.97. The minimum Gasteiger partial charge on any atom is -0.460 e. The molecule has 4 heterocycles. The van der Waals surface area contributed by atoms with Gasteiger partial charge in [-0.25, -0.2) is 13.8 Å². The van der Waals surface area contributed by atoms with Crippen LogP contribution in [0.5, 0.6) is 0 Å². The first-order valence-electron chi connectivity index (χ1n) is 10.6. The zero-order chi connectivity index (χ0) is 21.7. The first-order chi connectivity index (χ1) is 14.8. The molecule has 1 aromatic carbocycles. The summed E-state index contributed by atoms with van der Waals surface area (Å²) in [5, 5.41) is 0.687. The lowest BCUT2D eigenvalue weighted by molar-refractivity contribution is -0.153. The van der Waals surface area contributed by atoms with Crippen molar-refractivity contribution in [3.63, 3.8) is 0 Å². The number of fused-ring (bicyclic) bond motifs is 5. The molecular weight excluding hydrogens is 402 g/mol. The van der Waals surface area contributed by atoms with Gasteiger partial charge in [-0.3, -0.25) is 9.59 Å². The van der Waals surface area contributed by atoms with E-state index in [2.05, 4.69) is 0 Å². The van der Waals surface area contributed by atoms with Crippen molar-refractivity contribution < 1.29 is 18.3 Å². The quantitative estimate of drug-likeness (QED) is 0.437. The normalized spacial score (nSPS) is 21.0. The summed E-state index contributed by atoms with van der Waals surface area (Å²) in [4.78, 5) is 30.6. The molecule has 0 bridgehead atoms. The molecule has 1 atom stereocenters. The lowest BCUT2D eigenvalue weighted by Gasteiger charge is -2.33. The molecule has 2 aromatic heterocycles. The molecule has 6 rings (SSSR count). The number of aryl methyl sites for hydroxylation is 2. The number of aromatic nitrogens is 2. The second kappa shape index (κ2) is 5.99. The van der Waals surface area contributed by atoms with Gasteiger partial charge in [-0.1, -0.05) is 6.92 Å². The Morgan fingerprint density at radius 1 is 1.13 bits per heavy atom. The van der Waals surface area contributed by atoms with Crippen molar-refractivity contribution in [3.05, 3.63) is 61.9 Å². The molecule has 1 aliphatic carbocycles. The lowest BCUT2D eigenvalue weighted by Crippen LogP contribution is -2.42. The van der Waals surface area contributed by atoms with Crippen LogP contribution in [0.15, 0.2) is 16.9 Å². The maximum atomic E-state index is 14.5. The van der Waals surface area contributed by atoms with E-state index in [1.165, 1.54) is 0 Å². The van der Waals surface area contributed by atoms with Gasteiger partial charge in [0, 0.05) is 22.6 Å². The van der Waals surface area contributed by atoms with E-state index in [9.17, 15) is 18.4 Å². The van der Waals surface area contributed by atoms with Crippen molar-refractivity contribution in [2.45, 2.75) is 58.1 Å². The first kappa shape index (κ1) is 18.7. The Labute approximate surface area is 176 Å². The highest BCUT2D eigenvalue weighted by molar-refractivity contribution is 5.92. The average molecular weight is 422 g/mol. The monoisotopic (exact) mass is 422 g/mol. The van der Waals surface area contributed by atoms with Crippen molar-refractivity contribution in [3.8, 4) is 11.4 Å². The summed E-state index contributed by atoms with van der Waals surface area (Å²) in [6.45, 7) is 3.98. The highest BCUT2D eigenvalue weighted by atomic mass is 19.2. The molecule has 3 aromatic rings. The fourth-order valence-corrected chi connectivity index (χ4v) is 5.48. The van der Waals surface area contributed by atoms with Crippen LogP contribution in [0.25, 0.3) is 22.3 Å². The van der Waals surface area contributed by atoms with Crippen LogP contribution in [-0.2, 0) is 40.9 Å². The number of esters is 1. The summed E-state index contributed by atoms with van der Waals surface area (Å²) < 4.78 is 35.7. The topological polar surface area (TPSA) is 61.2 Å². The van der Waals surface area contributed by atoms with E-state index in [0.717, 1.165) is 30.0 Å². The lowest BCUT2D eigenvalue weighted by atomic mass is 9.76. The molecule has 7 heteroatoms. The number of benzene rings is 1. The molecule has 0 saturated heterocycles. The van der Waals surface area contributed by atoms with E-state index < -0.39 is 17.0 Å². The van der Waals surface area contributed by atoms with Crippen LogP contribution in [0, 0.1) is 11.6 Å². The van der Waals surface area contributed by atoms with Gasteiger partial charge in [0.1, 0.15) is 6.61 Å². The Bertz CT molecular complexity index is 1410. The van der Waals surface area contributed by atoms with Crippen molar-refractivity contribution in [1.82, 2.24) is 9.55 Å². The Hall–Kier alpha value is -3.09. The van der Waals surface area contributed by atoms with Crippen molar-refractivity contribution >= 4 is 16.9 Å². The summed E-state index contributed by atoms with van der Waals surface area (Å²) >= 11 is 0. The van der Waals surface area contributed by atoms with Gasteiger partial charge in [0.2, 0.25) is 0 Å². The van der Waals surface area contributed by atoms with Gasteiger partial charge in [-0.15, -0.1) is 0 Å². The van der Waals surface area contributed by atoms with E-state index in [-0.39, 0.29) is 18.1 Å². The van der Waals surface area contributed by atoms with Crippen molar-refractivity contribution in [2.24, 2.45) is 0 Å². The second-order valence-corrected chi connectivity index (χ2v) is 8.89. The third-order valence-corrected chi connectivity index (χ3v) is 7.39. The predicted octanol–water partition coefficient (Wildman–Crippen LogP) is 3.92. The molecule has 2 aliphatic heterocycles. The minimum absolute atomic E-state index is 0.0396. The molecule has 0 spiro atoms. The number of nitrogens with zero attached hydrogens (tertiary/aromatic N) is 2. The van der Waals surface area contributed by atoms with Crippen LogP contribution in [0.3, 0.4) is 0 Å². The smallest absolute Gasteiger partial charge is 0.316 e. The zero-order valence-electron chi connectivity index (χ0n) is 17.3. The molecule has 158 valence electrons. The molecule has 0 N–H and O–H groups in total. The number of ether oxygens (including phenoxy) is 1. The number of hydrogen-bond acceptors (Lipinski definition) is 4. The van der Waals surface area contributed by atoms with Crippen LogP contribution >= 0.6 is 0 Å². The zero-order valence-corrected chi connectivity index (χ0v) is 17.3. The van der Waals surface area contributed by atoms with Crippen molar-refractivity contribution in [1.29, 1.82) is 0 Å². The third-order valence-electron chi connectivity index (χ3n) is 7.39. The van der Waals surface area contributed by atoms with Gasteiger partial charge in [0.05, 0.1) is 34.4 Å². The second-order valence-electron chi connectivity index (χ2n) is 8.89. The summed E-state index contributed by atoms with van der Waals surface area (Å²) in [5.74, 6) is -2.04. The van der Waals surface area contributed by atoms with Gasteiger partial charge in [0.25, 0.3) is 5.56 Å². The van der Waals surface area contributed by atoms with Crippen LogP contribution in [-0.4, -0.2) is 15.5 Å². The van der Waals surface area contributed by atoms with E-state index in [0.29, 0.717) is 58.4 Å². The molecule has 31 heavy (non-hydrogen) atoms. The maximum absolute atomic E-state index is 14.5. The van der Waals surface area contributed by atoms with E-state index in [1.807, 2.05) is 13.0 Å². The number of halogens is 2. The molecule has 5 nitrogen and oxygen atoms in total. The molecule has 0 unspecified atom stereocenters. The van der Waals surface area contributed by atoms with Crippen LogP contribution < -0.4 is 5.56 Å². The molecule has 0 amide bonds. The van der Waals surface area contributed by atoms with Gasteiger partial charge in [-0.2, -0.15) is 0 Å². The van der Waals surface area contributed by atoms with Gasteiger partial charge in [-0.05, 0) is 49.8 Å². The largest absolute Gasteiger partial charge is 0.460 e.